The average Bonchev–Trinajstić information content (AvgIpc) is 2.95. The number of aliphatic hydroxyl groups excluding tert-OH is 1. The molecule has 2 N–H and O–H groups in total. The Morgan fingerprint density at radius 3 is 2.51 bits per heavy atom. The third-order valence-electron chi connectivity index (χ3n) is 7.80. The fourth-order valence-corrected chi connectivity index (χ4v) is 6.46. The Morgan fingerprint density at radius 1 is 1.15 bits per heavy atom. The topological polar surface area (TPSA) is 116 Å². The second kappa shape index (κ2) is 12.5. The van der Waals surface area contributed by atoms with Gasteiger partial charge >= 0.3 is 0 Å². The van der Waals surface area contributed by atoms with E-state index >= 15 is 0 Å². The quantitative estimate of drug-likeness (QED) is 0.511. The van der Waals surface area contributed by atoms with E-state index in [1.165, 1.54) is 11.4 Å². The van der Waals surface area contributed by atoms with Gasteiger partial charge in [-0.1, -0.05) is 44.4 Å². The van der Waals surface area contributed by atoms with Gasteiger partial charge in [-0.15, -0.1) is 0 Å². The van der Waals surface area contributed by atoms with Crippen LogP contribution in [0.25, 0.3) is 0 Å². The van der Waals surface area contributed by atoms with E-state index in [0.29, 0.717) is 11.4 Å². The number of fused-ring (bicyclic) bond motifs is 1. The first-order valence-electron chi connectivity index (χ1n) is 13.7. The van der Waals surface area contributed by atoms with Crippen LogP contribution in [0.3, 0.4) is 0 Å². The Bertz CT molecular complexity index is 1260. The van der Waals surface area contributed by atoms with Crippen LogP contribution >= 0.6 is 0 Å². The number of rotatable bonds is 8. The molecule has 39 heavy (non-hydrogen) atoms. The molecular weight excluding hydrogens is 518 g/mol. The molecule has 1 saturated carbocycles. The lowest BCUT2D eigenvalue weighted by Crippen LogP contribution is -2.50. The van der Waals surface area contributed by atoms with E-state index in [9.17, 15) is 23.1 Å². The number of carbonyl (C=O) groups is 2. The Balaban J connectivity index is 1.62. The molecule has 0 spiro atoms. The third kappa shape index (κ3) is 6.62. The van der Waals surface area contributed by atoms with Gasteiger partial charge in [0.1, 0.15) is 11.9 Å². The highest BCUT2D eigenvalue weighted by Crippen LogP contribution is 2.32. The van der Waals surface area contributed by atoms with Crippen LogP contribution in [-0.2, 0) is 14.8 Å². The molecule has 0 unspecified atom stereocenters. The number of nitrogens with zero attached hydrogens (tertiary/aromatic N) is 2. The fraction of sp³-hybridized carbons (Fsp3) is 0.517. The molecule has 0 saturated heterocycles. The van der Waals surface area contributed by atoms with Crippen molar-refractivity contribution >= 4 is 27.5 Å². The third-order valence-corrected chi connectivity index (χ3v) is 9.63. The van der Waals surface area contributed by atoms with Crippen LogP contribution in [0.1, 0.15) is 56.3 Å². The summed E-state index contributed by atoms with van der Waals surface area (Å²) in [5.41, 5.74) is 0.772. The Labute approximate surface area is 231 Å². The van der Waals surface area contributed by atoms with Crippen LogP contribution in [0.15, 0.2) is 53.4 Å². The second-order valence-electron chi connectivity index (χ2n) is 10.8. The molecule has 2 amide bonds. The van der Waals surface area contributed by atoms with Gasteiger partial charge in [-0.25, -0.2) is 8.42 Å². The van der Waals surface area contributed by atoms with Crippen molar-refractivity contribution in [1.29, 1.82) is 0 Å². The fourth-order valence-electron chi connectivity index (χ4n) is 5.25. The number of sulfonamides is 1. The summed E-state index contributed by atoms with van der Waals surface area (Å²) in [5, 5.41) is 12.9. The van der Waals surface area contributed by atoms with Crippen molar-refractivity contribution in [2.45, 2.75) is 63.0 Å². The van der Waals surface area contributed by atoms with E-state index in [0.717, 1.165) is 32.1 Å². The summed E-state index contributed by atoms with van der Waals surface area (Å²) in [6.07, 6.45) is 4.37. The first kappa shape index (κ1) is 29.0. The van der Waals surface area contributed by atoms with Crippen molar-refractivity contribution in [1.82, 2.24) is 9.21 Å². The lowest BCUT2D eigenvalue weighted by molar-refractivity contribution is -0.120. The largest absolute Gasteiger partial charge is 0.488 e. The van der Waals surface area contributed by atoms with E-state index < -0.39 is 22.2 Å². The minimum atomic E-state index is -3.75. The molecule has 2 aromatic carbocycles. The standard InChI is InChI=1S/C29H39N3O6S/c1-20-17-32(21(2)19-33)29(35)25-16-23(30-28(34)22-10-6-4-7-11-22)14-15-26(25)38-27(20)18-31(3)39(36,37)24-12-8-5-9-13-24/h5,8-9,12-16,20-22,27,33H,4,6-7,10-11,17-19H2,1-3H3,(H,30,34)/t20-,21-,27+/m1/s1. The van der Waals surface area contributed by atoms with Gasteiger partial charge in [0.2, 0.25) is 15.9 Å². The smallest absolute Gasteiger partial charge is 0.258 e. The van der Waals surface area contributed by atoms with E-state index in [1.54, 1.807) is 60.4 Å². The summed E-state index contributed by atoms with van der Waals surface area (Å²) in [7, 11) is -2.24. The van der Waals surface area contributed by atoms with E-state index in [-0.39, 0.29) is 53.8 Å². The lowest BCUT2D eigenvalue weighted by atomic mass is 9.88. The van der Waals surface area contributed by atoms with Gasteiger partial charge in [0, 0.05) is 31.1 Å². The van der Waals surface area contributed by atoms with Gasteiger partial charge in [-0.05, 0) is 50.1 Å². The first-order valence-corrected chi connectivity index (χ1v) is 15.1. The van der Waals surface area contributed by atoms with Crippen LogP contribution in [0.2, 0.25) is 0 Å². The maximum atomic E-state index is 13.7. The number of carbonyl (C=O) groups excluding carboxylic acids is 2. The molecule has 4 rings (SSSR count). The van der Waals surface area contributed by atoms with Crippen molar-refractivity contribution in [3.63, 3.8) is 0 Å². The summed E-state index contributed by atoms with van der Waals surface area (Å²) < 4.78 is 34.0. The summed E-state index contributed by atoms with van der Waals surface area (Å²) in [6.45, 7) is 3.78. The van der Waals surface area contributed by atoms with Crippen molar-refractivity contribution in [3.05, 3.63) is 54.1 Å². The van der Waals surface area contributed by atoms with Gasteiger partial charge in [0.05, 0.1) is 29.7 Å². The summed E-state index contributed by atoms with van der Waals surface area (Å²) in [6, 6.07) is 12.7. The van der Waals surface area contributed by atoms with Crippen LogP contribution in [-0.4, -0.2) is 73.4 Å². The Hall–Kier alpha value is -2.95. The highest BCUT2D eigenvalue weighted by molar-refractivity contribution is 7.89. The molecule has 0 radical (unpaired) electrons. The number of benzene rings is 2. The number of likely N-dealkylation sites (N-methyl/N-ethyl adjacent to an activating group) is 1. The summed E-state index contributed by atoms with van der Waals surface area (Å²) in [4.78, 5) is 28.3. The van der Waals surface area contributed by atoms with Gasteiger partial charge in [-0.3, -0.25) is 9.59 Å². The number of nitrogens with one attached hydrogen (secondary N) is 1. The van der Waals surface area contributed by atoms with Gasteiger partial charge in [-0.2, -0.15) is 4.31 Å². The molecule has 0 aromatic heterocycles. The predicted molar refractivity (Wildman–Crippen MR) is 149 cm³/mol. The van der Waals surface area contributed by atoms with Gasteiger partial charge in [0.25, 0.3) is 5.91 Å². The van der Waals surface area contributed by atoms with Crippen LogP contribution in [0.5, 0.6) is 5.75 Å². The van der Waals surface area contributed by atoms with Crippen molar-refractivity contribution in [3.8, 4) is 5.75 Å². The molecule has 1 heterocycles. The maximum absolute atomic E-state index is 13.7. The van der Waals surface area contributed by atoms with Crippen molar-refractivity contribution in [2.75, 3.05) is 32.1 Å². The number of aliphatic hydroxyl groups is 1. The molecule has 9 nitrogen and oxygen atoms in total. The van der Waals surface area contributed by atoms with Crippen LogP contribution in [0, 0.1) is 11.8 Å². The molecule has 2 aromatic rings. The Kier molecular flexibility index (Phi) is 9.30. The van der Waals surface area contributed by atoms with E-state index in [4.69, 9.17) is 4.74 Å². The predicted octanol–water partition coefficient (Wildman–Crippen LogP) is 3.75. The van der Waals surface area contributed by atoms with E-state index in [1.807, 2.05) is 6.92 Å². The highest BCUT2D eigenvalue weighted by atomic mass is 32.2. The van der Waals surface area contributed by atoms with Crippen LogP contribution in [0.4, 0.5) is 5.69 Å². The number of hydrogen-bond donors (Lipinski definition) is 2. The number of anilines is 1. The molecule has 212 valence electrons. The van der Waals surface area contributed by atoms with Crippen LogP contribution < -0.4 is 10.1 Å². The van der Waals surface area contributed by atoms with Crippen molar-refractivity contribution < 1.29 is 27.9 Å². The monoisotopic (exact) mass is 557 g/mol. The SMILES string of the molecule is C[C@@H]1CN([C@H](C)CO)C(=O)c2cc(NC(=O)C3CCCCC3)ccc2O[C@H]1CN(C)S(=O)(=O)c1ccccc1. The average molecular weight is 558 g/mol. The van der Waals surface area contributed by atoms with E-state index in [2.05, 4.69) is 5.32 Å². The number of ether oxygens (including phenoxy) is 1. The molecular formula is C29H39N3O6S. The van der Waals surface area contributed by atoms with Gasteiger partial charge < -0.3 is 20.1 Å². The molecule has 2 aliphatic rings. The molecule has 0 bridgehead atoms. The maximum Gasteiger partial charge on any atom is 0.258 e. The minimum Gasteiger partial charge on any atom is -0.488 e. The molecule has 3 atom stereocenters. The minimum absolute atomic E-state index is 0.0362. The molecule has 1 aliphatic carbocycles. The number of hydrogen-bond acceptors (Lipinski definition) is 6. The zero-order valence-electron chi connectivity index (χ0n) is 22.9. The zero-order chi connectivity index (χ0) is 28.2. The van der Waals surface area contributed by atoms with Gasteiger partial charge in [0.15, 0.2) is 0 Å². The highest BCUT2D eigenvalue weighted by Gasteiger charge is 2.35. The first-order chi connectivity index (χ1) is 18.6. The number of amides is 2. The second-order valence-corrected chi connectivity index (χ2v) is 12.8. The molecule has 10 heteroatoms. The normalized spacial score (nSPS) is 21.5. The zero-order valence-corrected chi connectivity index (χ0v) is 23.7. The lowest BCUT2D eigenvalue weighted by Gasteiger charge is -2.38. The summed E-state index contributed by atoms with van der Waals surface area (Å²) in [5.74, 6) is -0.321. The summed E-state index contributed by atoms with van der Waals surface area (Å²) >= 11 is 0. The molecule has 1 fully saturated rings. The molecule has 1 aliphatic heterocycles. The Morgan fingerprint density at radius 2 is 1.85 bits per heavy atom. The van der Waals surface area contributed by atoms with Crippen molar-refractivity contribution in [2.24, 2.45) is 11.8 Å².